The number of carbonyl (C=O) groups is 1. The summed E-state index contributed by atoms with van der Waals surface area (Å²) in [4.78, 5) is 13.5. The lowest BCUT2D eigenvalue weighted by atomic mass is 10.3. The Bertz CT molecular complexity index is 351. The molecule has 0 aliphatic carbocycles. The first-order chi connectivity index (χ1) is 7.77. The molecule has 0 fully saturated rings. The molecule has 0 radical (unpaired) electrons. The van der Waals surface area contributed by atoms with Crippen molar-refractivity contribution in [3.05, 3.63) is 18.5 Å². The second-order valence-corrected chi connectivity index (χ2v) is 3.54. The van der Waals surface area contributed by atoms with Crippen LogP contribution in [0.5, 0.6) is 0 Å². The van der Waals surface area contributed by atoms with E-state index in [1.165, 1.54) is 0 Å². The van der Waals surface area contributed by atoms with Gasteiger partial charge in [-0.1, -0.05) is 12.8 Å². The summed E-state index contributed by atoms with van der Waals surface area (Å²) in [7, 11) is 0. The molecule has 0 saturated carbocycles. The second-order valence-electron chi connectivity index (χ2n) is 3.54. The lowest BCUT2D eigenvalue weighted by Gasteiger charge is -2.19. The Labute approximate surface area is 96.2 Å². The molecular weight excluding hydrogens is 202 g/mol. The molecule has 0 atom stereocenters. The average Bonchev–Trinajstić information content (AvgIpc) is 2.78. The van der Waals surface area contributed by atoms with E-state index in [0.717, 1.165) is 13.0 Å². The largest absolute Gasteiger partial charge is 0.332 e. The lowest BCUT2D eigenvalue weighted by molar-refractivity contribution is -0.130. The summed E-state index contributed by atoms with van der Waals surface area (Å²) >= 11 is 0. The van der Waals surface area contributed by atoms with Gasteiger partial charge in [-0.3, -0.25) is 9.48 Å². The number of carbonyl (C=O) groups excluding carboxylic acids is 1. The van der Waals surface area contributed by atoms with Crippen molar-refractivity contribution in [3.8, 4) is 12.3 Å². The third-order valence-electron chi connectivity index (χ3n) is 2.24. The maximum atomic E-state index is 11.8. The quantitative estimate of drug-likeness (QED) is 0.673. The zero-order valence-electron chi connectivity index (χ0n) is 9.59. The molecule has 0 spiro atoms. The van der Waals surface area contributed by atoms with Crippen molar-refractivity contribution < 1.29 is 4.79 Å². The Balaban J connectivity index is 2.40. The van der Waals surface area contributed by atoms with Crippen molar-refractivity contribution in [1.29, 1.82) is 0 Å². The average molecular weight is 219 g/mol. The minimum absolute atomic E-state index is 0.0929. The molecule has 0 aliphatic rings. The van der Waals surface area contributed by atoms with Gasteiger partial charge in [-0.05, 0) is 12.5 Å². The summed E-state index contributed by atoms with van der Waals surface area (Å²) in [6.07, 6.45) is 10.2. The Hall–Kier alpha value is -1.76. The predicted octanol–water partition coefficient (Wildman–Crippen LogP) is 1.15. The van der Waals surface area contributed by atoms with Gasteiger partial charge in [-0.2, -0.15) is 5.10 Å². The molecule has 0 aliphatic heterocycles. The van der Waals surface area contributed by atoms with Gasteiger partial charge in [0.1, 0.15) is 0 Å². The standard InChI is InChI=1S/C12H17N3O/c1-3-8-14(9-4-2)12(16)6-11-15-10-5-7-13-15/h1,5,7,10H,4,6,8-9,11H2,2H3. The van der Waals surface area contributed by atoms with Gasteiger partial charge < -0.3 is 4.90 Å². The van der Waals surface area contributed by atoms with Crippen LogP contribution in [0, 0.1) is 12.3 Å². The van der Waals surface area contributed by atoms with E-state index >= 15 is 0 Å². The van der Waals surface area contributed by atoms with Gasteiger partial charge in [0.15, 0.2) is 0 Å². The van der Waals surface area contributed by atoms with E-state index in [0.29, 0.717) is 19.5 Å². The number of hydrogen-bond donors (Lipinski definition) is 0. The van der Waals surface area contributed by atoms with Crippen LogP contribution in [-0.2, 0) is 11.3 Å². The molecule has 0 aromatic carbocycles. The van der Waals surface area contributed by atoms with Crippen LogP contribution in [0.3, 0.4) is 0 Å². The number of amides is 1. The molecule has 0 saturated heterocycles. The van der Waals surface area contributed by atoms with E-state index in [9.17, 15) is 4.79 Å². The van der Waals surface area contributed by atoms with Gasteiger partial charge in [0.25, 0.3) is 0 Å². The van der Waals surface area contributed by atoms with Crippen molar-refractivity contribution in [2.75, 3.05) is 13.1 Å². The van der Waals surface area contributed by atoms with Gasteiger partial charge in [-0.15, -0.1) is 6.42 Å². The van der Waals surface area contributed by atoms with Gasteiger partial charge in [0, 0.05) is 31.9 Å². The molecule has 0 unspecified atom stereocenters. The van der Waals surface area contributed by atoms with Crippen LogP contribution < -0.4 is 0 Å². The first-order valence-electron chi connectivity index (χ1n) is 5.46. The molecule has 1 rings (SSSR count). The van der Waals surface area contributed by atoms with Gasteiger partial charge in [0.05, 0.1) is 6.54 Å². The van der Waals surface area contributed by atoms with Crippen molar-refractivity contribution in [3.63, 3.8) is 0 Å². The summed E-state index contributed by atoms with van der Waals surface area (Å²) in [5, 5.41) is 4.05. The van der Waals surface area contributed by atoms with E-state index in [1.807, 2.05) is 19.2 Å². The molecule has 4 heteroatoms. The molecule has 16 heavy (non-hydrogen) atoms. The predicted molar refractivity (Wildman–Crippen MR) is 62.5 cm³/mol. The van der Waals surface area contributed by atoms with E-state index < -0.39 is 0 Å². The van der Waals surface area contributed by atoms with Crippen molar-refractivity contribution in [2.24, 2.45) is 0 Å². The van der Waals surface area contributed by atoms with Gasteiger partial charge in [0.2, 0.25) is 5.91 Å². The van der Waals surface area contributed by atoms with Crippen molar-refractivity contribution in [2.45, 2.75) is 26.3 Å². The minimum atomic E-state index is 0.0929. The number of aryl methyl sites for hydroxylation is 1. The van der Waals surface area contributed by atoms with Crippen LogP contribution >= 0.6 is 0 Å². The third kappa shape index (κ3) is 3.77. The molecule has 1 amide bonds. The fourth-order valence-electron chi connectivity index (χ4n) is 1.47. The molecule has 1 aromatic heterocycles. The number of terminal acetylenes is 1. The van der Waals surface area contributed by atoms with Crippen molar-refractivity contribution >= 4 is 5.91 Å². The molecule has 0 bridgehead atoms. The van der Waals surface area contributed by atoms with E-state index in [2.05, 4.69) is 11.0 Å². The summed E-state index contributed by atoms with van der Waals surface area (Å²) in [5.74, 6) is 2.60. The molecular formula is C12H17N3O. The highest BCUT2D eigenvalue weighted by atomic mass is 16.2. The Morgan fingerprint density at radius 3 is 3.00 bits per heavy atom. The van der Waals surface area contributed by atoms with E-state index in [-0.39, 0.29) is 5.91 Å². The Kier molecular flexibility index (Phi) is 5.13. The van der Waals surface area contributed by atoms with Gasteiger partial charge in [-0.25, -0.2) is 0 Å². The minimum Gasteiger partial charge on any atom is -0.332 e. The fourth-order valence-corrected chi connectivity index (χ4v) is 1.47. The highest BCUT2D eigenvalue weighted by molar-refractivity contribution is 5.76. The topological polar surface area (TPSA) is 38.1 Å². The smallest absolute Gasteiger partial charge is 0.225 e. The number of aromatic nitrogens is 2. The Morgan fingerprint density at radius 1 is 1.62 bits per heavy atom. The highest BCUT2D eigenvalue weighted by Crippen LogP contribution is 1.98. The molecule has 1 aromatic rings. The zero-order chi connectivity index (χ0) is 11.8. The molecule has 4 nitrogen and oxygen atoms in total. The maximum Gasteiger partial charge on any atom is 0.225 e. The fraction of sp³-hybridized carbons (Fsp3) is 0.500. The zero-order valence-corrected chi connectivity index (χ0v) is 9.59. The monoisotopic (exact) mass is 219 g/mol. The number of nitrogens with zero attached hydrogens (tertiary/aromatic N) is 3. The van der Waals surface area contributed by atoms with Gasteiger partial charge >= 0.3 is 0 Å². The molecule has 86 valence electrons. The number of hydrogen-bond acceptors (Lipinski definition) is 2. The van der Waals surface area contributed by atoms with Crippen LogP contribution in [0.25, 0.3) is 0 Å². The third-order valence-corrected chi connectivity index (χ3v) is 2.24. The van der Waals surface area contributed by atoms with Crippen LogP contribution in [0.1, 0.15) is 19.8 Å². The molecule has 0 N–H and O–H groups in total. The summed E-state index contributed by atoms with van der Waals surface area (Å²) in [5.41, 5.74) is 0. The van der Waals surface area contributed by atoms with Crippen molar-refractivity contribution in [1.82, 2.24) is 14.7 Å². The summed E-state index contributed by atoms with van der Waals surface area (Å²) in [6, 6.07) is 1.84. The first-order valence-corrected chi connectivity index (χ1v) is 5.46. The first kappa shape index (κ1) is 12.3. The second kappa shape index (κ2) is 6.67. The van der Waals surface area contributed by atoms with E-state index in [4.69, 9.17) is 6.42 Å². The summed E-state index contributed by atoms with van der Waals surface area (Å²) in [6.45, 7) is 3.76. The van der Waals surface area contributed by atoms with Crippen LogP contribution in [0.15, 0.2) is 18.5 Å². The highest BCUT2D eigenvalue weighted by Gasteiger charge is 2.10. The lowest BCUT2D eigenvalue weighted by Crippen LogP contribution is -2.32. The summed E-state index contributed by atoms with van der Waals surface area (Å²) < 4.78 is 1.75. The SMILES string of the molecule is C#CCN(CCC)C(=O)CCn1cccn1. The van der Waals surface area contributed by atoms with E-state index in [1.54, 1.807) is 15.8 Å². The van der Waals surface area contributed by atoms with Crippen LogP contribution in [0.2, 0.25) is 0 Å². The number of rotatable bonds is 6. The Morgan fingerprint density at radius 2 is 2.44 bits per heavy atom. The molecule has 1 heterocycles. The van der Waals surface area contributed by atoms with Crippen LogP contribution in [-0.4, -0.2) is 33.7 Å². The normalized spacial score (nSPS) is 9.75. The maximum absolute atomic E-state index is 11.8. The van der Waals surface area contributed by atoms with Crippen LogP contribution in [0.4, 0.5) is 0 Å².